The lowest BCUT2D eigenvalue weighted by molar-refractivity contribution is -0.00432. The van der Waals surface area contributed by atoms with E-state index >= 15 is 0 Å². The van der Waals surface area contributed by atoms with Gasteiger partial charge >= 0.3 is 0 Å². The largest absolute Gasteiger partial charge is 0.393 e. The Kier molecular flexibility index (Phi) is 14.0. The predicted molar refractivity (Wildman–Crippen MR) is 184 cm³/mol. The van der Waals surface area contributed by atoms with Gasteiger partial charge in [-0.05, 0) is 87.9 Å². The van der Waals surface area contributed by atoms with E-state index in [1.807, 2.05) is 0 Å². The number of rotatable bonds is 10. The van der Waals surface area contributed by atoms with Crippen molar-refractivity contribution < 1.29 is 10.2 Å². The number of allylic oxidation sites excluding steroid dienone is 18. The lowest BCUT2D eigenvalue weighted by Gasteiger charge is -2.44. The van der Waals surface area contributed by atoms with Gasteiger partial charge in [0.25, 0.3) is 0 Å². The summed E-state index contributed by atoms with van der Waals surface area (Å²) in [5.74, 6) is 1.37. The molecule has 0 saturated heterocycles. The van der Waals surface area contributed by atoms with Crippen LogP contribution in [0.5, 0.6) is 0 Å². The number of hydrogen-bond donors (Lipinski definition) is 2. The van der Waals surface area contributed by atoms with Crippen molar-refractivity contribution in [2.45, 2.75) is 107 Å². The summed E-state index contributed by atoms with van der Waals surface area (Å²) < 4.78 is 0. The first-order chi connectivity index (χ1) is 19.6. The van der Waals surface area contributed by atoms with Crippen LogP contribution in [0, 0.1) is 34.5 Å². The van der Waals surface area contributed by atoms with Crippen LogP contribution in [0.2, 0.25) is 0 Å². The van der Waals surface area contributed by atoms with Crippen LogP contribution in [0.3, 0.4) is 0 Å². The van der Waals surface area contributed by atoms with E-state index in [1.165, 1.54) is 22.3 Å². The highest BCUT2D eigenvalue weighted by Gasteiger charge is 2.40. The molecule has 2 nitrogen and oxygen atoms in total. The molecule has 0 bridgehead atoms. The van der Waals surface area contributed by atoms with Gasteiger partial charge < -0.3 is 10.2 Å². The van der Waals surface area contributed by atoms with Crippen molar-refractivity contribution in [1.29, 1.82) is 0 Å². The molecule has 2 fully saturated rings. The highest BCUT2D eigenvalue weighted by molar-refractivity contribution is 5.32. The van der Waals surface area contributed by atoms with E-state index in [0.29, 0.717) is 23.7 Å². The van der Waals surface area contributed by atoms with Crippen molar-refractivity contribution in [3.8, 4) is 0 Å². The maximum absolute atomic E-state index is 10.3. The zero-order valence-electron chi connectivity index (χ0n) is 28.3. The Hall–Kier alpha value is -2.42. The smallest absolute Gasteiger partial charge is 0.0571 e. The number of aliphatic hydroxyl groups is 2. The first kappa shape index (κ1) is 35.8. The maximum Gasteiger partial charge on any atom is 0.0571 e. The van der Waals surface area contributed by atoms with Gasteiger partial charge in [0.15, 0.2) is 0 Å². The van der Waals surface area contributed by atoms with Gasteiger partial charge in [-0.15, -0.1) is 0 Å². The van der Waals surface area contributed by atoms with Crippen molar-refractivity contribution in [2.24, 2.45) is 34.5 Å². The maximum atomic E-state index is 10.3. The van der Waals surface area contributed by atoms with Crippen molar-refractivity contribution in [1.82, 2.24) is 0 Å². The average Bonchev–Trinajstić information content (AvgIpc) is 2.91. The van der Waals surface area contributed by atoms with E-state index in [9.17, 15) is 10.2 Å². The lowest BCUT2D eigenvalue weighted by atomic mass is 9.63. The van der Waals surface area contributed by atoms with E-state index < -0.39 is 0 Å². The summed E-state index contributed by atoms with van der Waals surface area (Å²) in [6.07, 6.45) is 33.8. The average molecular weight is 573 g/mol. The Morgan fingerprint density at radius 1 is 0.524 bits per heavy atom. The fraction of sp³-hybridized carbons (Fsp3) is 0.550. The van der Waals surface area contributed by atoms with E-state index in [1.54, 1.807) is 0 Å². The second-order valence-electron chi connectivity index (χ2n) is 14.4. The summed E-state index contributed by atoms with van der Waals surface area (Å²) in [5.41, 5.74) is 5.27. The van der Waals surface area contributed by atoms with Crippen LogP contribution < -0.4 is 0 Å². The van der Waals surface area contributed by atoms with E-state index in [0.717, 1.165) is 25.7 Å². The highest BCUT2D eigenvalue weighted by Crippen LogP contribution is 2.45. The Balaban J connectivity index is 1.88. The predicted octanol–water partition coefficient (Wildman–Crippen LogP) is 10.4. The van der Waals surface area contributed by atoms with Crippen LogP contribution in [-0.2, 0) is 0 Å². The molecule has 6 atom stereocenters. The summed E-state index contributed by atoms with van der Waals surface area (Å²) in [4.78, 5) is 0. The molecule has 2 aliphatic carbocycles. The summed E-state index contributed by atoms with van der Waals surface area (Å²) in [6.45, 7) is 22.1. The van der Waals surface area contributed by atoms with Gasteiger partial charge in [-0.3, -0.25) is 0 Å². The third kappa shape index (κ3) is 11.3. The number of hydrogen-bond acceptors (Lipinski definition) is 2. The van der Waals surface area contributed by atoms with Gasteiger partial charge in [0.2, 0.25) is 0 Å². The molecule has 0 radical (unpaired) electrons. The molecule has 0 amide bonds. The molecular weight excluding hydrogens is 512 g/mol. The topological polar surface area (TPSA) is 40.5 Å². The first-order valence-electron chi connectivity index (χ1n) is 16.1. The monoisotopic (exact) mass is 572 g/mol. The van der Waals surface area contributed by atoms with Gasteiger partial charge in [-0.1, -0.05) is 149 Å². The summed E-state index contributed by atoms with van der Waals surface area (Å²) in [5, 5.41) is 20.6. The van der Waals surface area contributed by atoms with Crippen molar-refractivity contribution in [2.75, 3.05) is 0 Å². The van der Waals surface area contributed by atoms with Gasteiger partial charge in [0, 0.05) is 0 Å². The first-order valence-corrected chi connectivity index (χ1v) is 16.1. The van der Waals surface area contributed by atoms with Gasteiger partial charge in [-0.2, -0.15) is 0 Å². The molecule has 2 aliphatic rings. The van der Waals surface area contributed by atoms with Crippen LogP contribution in [0.4, 0.5) is 0 Å². The Labute approximate surface area is 258 Å². The zero-order chi connectivity index (χ0) is 31.5. The summed E-state index contributed by atoms with van der Waals surface area (Å²) in [6, 6.07) is 0. The quantitative estimate of drug-likeness (QED) is 0.256. The van der Waals surface area contributed by atoms with Crippen molar-refractivity contribution in [3.63, 3.8) is 0 Å². The minimum atomic E-state index is -0.194. The molecular formula is C40H60O2. The van der Waals surface area contributed by atoms with Crippen molar-refractivity contribution >= 4 is 0 Å². The molecule has 0 aliphatic heterocycles. The molecule has 42 heavy (non-hydrogen) atoms. The molecule has 0 spiro atoms. The van der Waals surface area contributed by atoms with Gasteiger partial charge in [-0.25, -0.2) is 0 Å². The molecule has 6 unspecified atom stereocenters. The molecule has 0 aromatic carbocycles. The molecule has 2 N–H and O–H groups in total. The Morgan fingerprint density at radius 3 is 1.19 bits per heavy atom. The SMILES string of the molecule is CC(C=CC=C(C)C=CC1C(C)C(O)CCC1(C)C)=CC=CC=C(C)C=CC=C(C)C=CC1C(C)C(O)CCC1(C)C. The third-order valence-corrected chi connectivity index (χ3v) is 9.72. The molecule has 2 rings (SSSR count). The van der Waals surface area contributed by atoms with Gasteiger partial charge in [0.1, 0.15) is 0 Å². The second-order valence-corrected chi connectivity index (χ2v) is 14.4. The van der Waals surface area contributed by atoms with Gasteiger partial charge in [0.05, 0.1) is 12.2 Å². The highest BCUT2D eigenvalue weighted by atomic mass is 16.3. The Bertz CT molecular complexity index is 1050. The molecule has 0 heterocycles. The minimum Gasteiger partial charge on any atom is -0.393 e. The fourth-order valence-electron chi connectivity index (χ4n) is 6.52. The molecule has 0 aromatic rings. The van der Waals surface area contributed by atoms with Crippen LogP contribution in [0.25, 0.3) is 0 Å². The van der Waals surface area contributed by atoms with Crippen LogP contribution in [0.15, 0.2) is 107 Å². The minimum absolute atomic E-state index is 0.194. The molecule has 0 aromatic heterocycles. The molecule has 2 heteroatoms. The van der Waals surface area contributed by atoms with Crippen molar-refractivity contribution in [3.05, 3.63) is 107 Å². The molecule has 2 saturated carbocycles. The lowest BCUT2D eigenvalue weighted by Crippen LogP contribution is -2.40. The van der Waals surface area contributed by atoms with Crippen LogP contribution in [0.1, 0.15) is 94.9 Å². The van der Waals surface area contributed by atoms with Crippen LogP contribution >= 0.6 is 0 Å². The second kappa shape index (κ2) is 16.4. The fourth-order valence-corrected chi connectivity index (χ4v) is 6.52. The molecule has 232 valence electrons. The van der Waals surface area contributed by atoms with E-state index in [4.69, 9.17) is 0 Å². The summed E-state index contributed by atoms with van der Waals surface area (Å²) >= 11 is 0. The van der Waals surface area contributed by atoms with Crippen LogP contribution in [-0.4, -0.2) is 22.4 Å². The third-order valence-electron chi connectivity index (χ3n) is 9.72. The summed E-state index contributed by atoms with van der Waals surface area (Å²) in [7, 11) is 0. The van der Waals surface area contributed by atoms with E-state index in [-0.39, 0.29) is 23.0 Å². The standard InChI is InChI=1S/C40H60O2/c1-29(17-13-19-31(3)21-23-35-33(5)37(41)25-27-39(35,7)8)15-11-12-16-30(2)18-14-20-32(4)22-24-36-34(6)38(42)26-28-40(36,9)10/h11-24,33-38,41-42H,25-28H2,1-10H3. The number of aliphatic hydroxyl groups excluding tert-OH is 2. The zero-order valence-corrected chi connectivity index (χ0v) is 28.3. The normalized spacial score (nSPS) is 31.9. The Morgan fingerprint density at radius 2 is 0.833 bits per heavy atom. The van der Waals surface area contributed by atoms with E-state index in [2.05, 4.69) is 154 Å².